The lowest BCUT2D eigenvalue weighted by atomic mass is 10.1. The Morgan fingerprint density at radius 1 is 1.42 bits per heavy atom. The third-order valence-electron chi connectivity index (χ3n) is 4.72. The normalized spacial score (nSPS) is 22.6. The molecule has 0 aromatic heterocycles. The topological polar surface area (TPSA) is 99.2 Å². The maximum absolute atomic E-state index is 13.0. The van der Waals surface area contributed by atoms with Crippen molar-refractivity contribution in [3.05, 3.63) is 28.8 Å². The number of nitrogens with zero attached hydrogens (tertiary/aromatic N) is 2. The molecule has 2 fully saturated rings. The fraction of sp³-hybridized carbons (Fsp3) is 0.471. The number of carboxylic acid groups (broad SMARTS) is 1. The van der Waals surface area contributed by atoms with Crippen LogP contribution in [0.25, 0.3) is 0 Å². The molecule has 3 amide bonds. The molecule has 1 aromatic carbocycles. The van der Waals surface area contributed by atoms with Crippen LogP contribution in [-0.2, 0) is 9.53 Å². The fourth-order valence-electron chi connectivity index (χ4n) is 3.41. The predicted octanol–water partition coefficient (Wildman–Crippen LogP) is 1.57. The lowest BCUT2D eigenvalue weighted by Crippen LogP contribution is -2.37. The number of anilines is 1. The smallest absolute Gasteiger partial charge is 0.322 e. The highest BCUT2D eigenvalue weighted by Crippen LogP contribution is 2.30. The van der Waals surface area contributed by atoms with E-state index >= 15 is 0 Å². The van der Waals surface area contributed by atoms with Gasteiger partial charge in [0.05, 0.1) is 23.2 Å². The van der Waals surface area contributed by atoms with E-state index in [0.717, 1.165) is 0 Å². The van der Waals surface area contributed by atoms with Crippen molar-refractivity contribution in [2.45, 2.75) is 25.0 Å². The molecule has 8 nitrogen and oxygen atoms in total. The summed E-state index contributed by atoms with van der Waals surface area (Å²) >= 11 is 6.20. The van der Waals surface area contributed by atoms with Gasteiger partial charge in [0.15, 0.2) is 0 Å². The number of nitrogens with one attached hydrogen (secondary N) is 1. The van der Waals surface area contributed by atoms with Crippen LogP contribution in [0.5, 0.6) is 0 Å². The van der Waals surface area contributed by atoms with Crippen molar-refractivity contribution in [3.63, 3.8) is 0 Å². The van der Waals surface area contributed by atoms with Gasteiger partial charge in [-0.1, -0.05) is 11.6 Å². The van der Waals surface area contributed by atoms with Crippen molar-refractivity contribution < 1.29 is 24.2 Å². The van der Waals surface area contributed by atoms with Gasteiger partial charge in [-0.15, -0.1) is 0 Å². The largest absolute Gasteiger partial charge is 0.481 e. The highest BCUT2D eigenvalue weighted by atomic mass is 35.5. The molecule has 2 saturated heterocycles. The monoisotopic (exact) mass is 381 g/mol. The van der Waals surface area contributed by atoms with Crippen LogP contribution in [0.15, 0.2) is 18.2 Å². The Kier molecular flexibility index (Phi) is 5.33. The van der Waals surface area contributed by atoms with Crippen molar-refractivity contribution in [2.24, 2.45) is 0 Å². The molecule has 3 rings (SSSR count). The number of ether oxygens (including phenoxy) is 1. The summed E-state index contributed by atoms with van der Waals surface area (Å²) in [6.45, 7) is 1.30. The van der Waals surface area contributed by atoms with Gasteiger partial charge in [0.25, 0.3) is 5.91 Å². The first-order valence-electron chi connectivity index (χ1n) is 8.31. The van der Waals surface area contributed by atoms with Crippen LogP contribution in [-0.4, -0.2) is 66.8 Å². The van der Waals surface area contributed by atoms with E-state index in [4.69, 9.17) is 21.4 Å². The lowest BCUT2D eigenvalue weighted by Gasteiger charge is -2.24. The lowest BCUT2D eigenvalue weighted by molar-refractivity contribution is -0.138. The average molecular weight is 382 g/mol. The molecule has 2 heterocycles. The van der Waals surface area contributed by atoms with Crippen molar-refractivity contribution >= 4 is 35.2 Å². The van der Waals surface area contributed by atoms with Gasteiger partial charge in [0.1, 0.15) is 0 Å². The number of carboxylic acids is 1. The Bertz CT molecular complexity index is 741. The number of hydrogen-bond acceptors (Lipinski definition) is 4. The first-order valence-corrected chi connectivity index (χ1v) is 8.69. The van der Waals surface area contributed by atoms with Crippen LogP contribution in [0.1, 0.15) is 23.2 Å². The van der Waals surface area contributed by atoms with Crippen LogP contribution >= 0.6 is 11.6 Å². The van der Waals surface area contributed by atoms with Crippen LogP contribution in [0.4, 0.5) is 10.5 Å². The van der Waals surface area contributed by atoms with Gasteiger partial charge in [0, 0.05) is 38.3 Å². The van der Waals surface area contributed by atoms with E-state index in [1.54, 1.807) is 25.3 Å². The second-order valence-electron chi connectivity index (χ2n) is 6.35. The zero-order valence-electron chi connectivity index (χ0n) is 14.3. The van der Waals surface area contributed by atoms with Crippen molar-refractivity contribution in [2.75, 3.05) is 31.6 Å². The number of carbonyl (C=O) groups excluding carboxylic acids is 2. The number of urea groups is 1. The molecule has 0 spiro atoms. The van der Waals surface area contributed by atoms with Crippen molar-refractivity contribution in [3.8, 4) is 0 Å². The summed E-state index contributed by atoms with van der Waals surface area (Å²) in [5, 5.41) is 12.2. The number of rotatable bonds is 5. The van der Waals surface area contributed by atoms with E-state index < -0.39 is 12.0 Å². The van der Waals surface area contributed by atoms with Gasteiger partial charge < -0.3 is 20.1 Å². The summed E-state index contributed by atoms with van der Waals surface area (Å²) in [7, 11) is 1.54. The number of hydrogen-bond donors (Lipinski definition) is 2. The maximum atomic E-state index is 13.0. The first kappa shape index (κ1) is 18.5. The molecule has 26 heavy (non-hydrogen) atoms. The van der Waals surface area contributed by atoms with Gasteiger partial charge in [-0.25, -0.2) is 4.79 Å². The second-order valence-corrected chi connectivity index (χ2v) is 6.76. The molecule has 9 heteroatoms. The van der Waals surface area contributed by atoms with Crippen molar-refractivity contribution in [1.29, 1.82) is 0 Å². The zero-order chi connectivity index (χ0) is 18.8. The molecule has 0 saturated carbocycles. The van der Waals surface area contributed by atoms with Gasteiger partial charge in [-0.05, 0) is 24.6 Å². The number of carbonyl (C=O) groups is 3. The van der Waals surface area contributed by atoms with Crippen LogP contribution < -0.4 is 10.2 Å². The average Bonchev–Trinajstić information content (AvgIpc) is 3.20. The van der Waals surface area contributed by atoms with Crippen LogP contribution in [0, 0.1) is 0 Å². The summed E-state index contributed by atoms with van der Waals surface area (Å²) in [5.41, 5.74) is 0.820. The fourth-order valence-corrected chi connectivity index (χ4v) is 3.63. The summed E-state index contributed by atoms with van der Waals surface area (Å²) in [6, 6.07) is 4.04. The number of methoxy groups -OCH3 is 1. The molecule has 0 aliphatic carbocycles. The van der Waals surface area contributed by atoms with Crippen LogP contribution in [0.3, 0.4) is 0 Å². The Labute approximate surface area is 155 Å². The molecule has 2 atom stereocenters. The number of halogens is 1. The molecule has 0 bridgehead atoms. The van der Waals surface area contributed by atoms with E-state index in [0.29, 0.717) is 42.3 Å². The summed E-state index contributed by atoms with van der Waals surface area (Å²) in [6.07, 6.45) is 0.142. The molecule has 2 N–H and O–H groups in total. The molecule has 1 aromatic rings. The minimum atomic E-state index is -0.963. The number of amides is 3. The van der Waals surface area contributed by atoms with Crippen molar-refractivity contribution in [1.82, 2.24) is 10.2 Å². The molecule has 2 aliphatic heterocycles. The molecule has 2 unspecified atom stereocenters. The standard InChI is InChI=1S/C17H20ClN3O5/c1-26-12-7-11(8-15(22)23)21(9-12)16(24)10-2-3-13(18)14(6-10)20-5-4-19-17(20)25/h2-3,6,11-12H,4-5,7-9H2,1H3,(H,19,25)(H,22,23). The minimum absolute atomic E-state index is 0.138. The van der Waals surface area contributed by atoms with Gasteiger partial charge in [0.2, 0.25) is 0 Å². The first-order chi connectivity index (χ1) is 12.4. The summed E-state index contributed by atoms with van der Waals surface area (Å²) in [5.74, 6) is -1.26. The van der Waals surface area contributed by atoms with Crippen LogP contribution in [0.2, 0.25) is 5.02 Å². The number of aliphatic carboxylic acids is 1. The van der Waals surface area contributed by atoms with E-state index in [9.17, 15) is 14.4 Å². The van der Waals surface area contributed by atoms with E-state index in [-0.39, 0.29) is 24.5 Å². The maximum Gasteiger partial charge on any atom is 0.322 e. The Balaban J connectivity index is 1.86. The molecule has 140 valence electrons. The molecular formula is C17H20ClN3O5. The van der Waals surface area contributed by atoms with E-state index in [1.165, 1.54) is 9.80 Å². The number of benzene rings is 1. The Hall–Kier alpha value is -2.32. The predicted molar refractivity (Wildman–Crippen MR) is 94.7 cm³/mol. The molecular weight excluding hydrogens is 362 g/mol. The third-order valence-corrected chi connectivity index (χ3v) is 5.04. The SMILES string of the molecule is COC1CC(CC(=O)O)N(C(=O)c2ccc(Cl)c(N3CCNC3=O)c2)C1. The highest BCUT2D eigenvalue weighted by Gasteiger charge is 2.37. The minimum Gasteiger partial charge on any atom is -0.481 e. The third kappa shape index (κ3) is 3.61. The van der Waals surface area contributed by atoms with Gasteiger partial charge in [-0.2, -0.15) is 0 Å². The summed E-state index contributed by atoms with van der Waals surface area (Å²) < 4.78 is 5.31. The zero-order valence-corrected chi connectivity index (χ0v) is 15.0. The van der Waals surface area contributed by atoms with E-state index in [1.807, 2.05) is 0 Å². The van der Waals surface area contributed by atoms with Gasteiger partial charge >= 0.3 is 12.0 Å². The quantitative estimate of drug-likeness (QED) is 0.806. The highest BCUT2D eigenvalue weighted by molar-refractivity contribution is 6.34. The molecule has 0 radical (unpaired) electrons. The second kappa shape index (κ2) is 7.51. The Morgan fingerprint density at radius 2 is 2.19 bits per heavy atom. The summed E-state index contributed by atoms with van der Waals surface area (Å²) in [4.78, 5) is 39.0. The Morgan fingerprint density at radius 3 is 2.81 bits per heavy atom. The van der Waals surface area contributed by atoms with E-state index in [2.05, 4.69) is 5.32 Å². The number of likely N-dealkylation sites (tertiary alicyclic amines) is 1. The van der Waals surface area contributed by atoms with Gasteiger partial charge in [-0.3, -0.25) is 14.5 Å². The molecule has 2 aliphatic rings.